The zero-order chi connectivity index (χ0) is 20.0. The number of nitrogens with zero attached hydrogens (tertiary/aromatic N) is 1. The Bertz CT molecular complexity index is 817. The summed E-state index contributed by atoms with van der Waals surface area (Å²) in [6.45, 7) is 5.48. The molecule has 0 fully saturated rings. The quantitative estimate of drug-likeness (QED) is 0.267. The summed E-state index contributed by atoms with van der Waals surface area (Å²) in [5.74, 6) is 0. The van der Waals surface area contributed by atoms with Gasteiger partial charge in [0.25, 0.3) is 0 Å². The van der Waals surface area contributed by atoms with Crippen molar-refractivity contribution in [1.29, 1.82) is 0 Å². The van der Waals surface area contributed by atoms with Gasteiger partial charge in [-0.25, -0.2) is 0 Å². The molecule has 0 aliphatic heterocycles. The molecule has 3 aromatic carbocycles. The summed E-state index contributed by atoms with van der Waals surface area (Å²) in [5.41, 5.74) is -0.602. The molecule has 0 atom stereocenters. The molecule has 0 saturated heterocycles. The number of benzene rings is 3. The average molecular weight is 473 g/mol. The lowest BCUT2D eigenvalue weighted by Gasteiger charge is -2.30. The number of hydrogen-bond acceptors (Lipinski definition) is 4. The molecule has 0 heterocycles. The molecule has 0 unspecified atom stereocenters. The SMILES string of the molecule is Br.CC(C)(C)OC([O-])=NN[P+](c1ccccc1)(c1ccccc1)c1ccccc1. The Labute approximate surface area is 183 Å². The van der Waals surface area contributed by atoms with Gasteiger partial charge in [-0.05, 0) is 36.4 Å². The summed E-state index contributed by atoms with van der Waals surface area (Å²) in [6.07, 6.45) is -0.625. The lowest BCUT2D eigenvalue weighted by atomic mass is 10.2. The Morgan fingerprint density at radius 2 is 1.10 bits per heavy atom. The predicted octanol–water partition coefficient (Wildman–Crippen LogP) is 3.51. The molecule has 0 bridgehead atoms. The van der Waals surface area contributed by atoms with Crippen molar-refractivity contribution in [2.45, 2.75) is 26.4 Å². The maximum atomic E-state index is 12.4. The third-order valence-corrected chi connectivity index (χ3v) is 7.73. The fourth-order valence-corrected chi connectivity index (χ4v) is 6.31. The zero-order valence-electron chi connectivity index (χ0n) is 16.8. The van der Waals surface area contributed by atoms with Crippen LogP contribution in [0.4, 0.5) is 0 Å². The fourth-order valence-electron chi connectivity index (χ4n) is 2.98. The summed E-state index contributed by atoms with van der Waals surface area (Å²) < 4.78 is 5.39. The normalized spacial score (nSPS) is 12.0. The Morgan fingerprint density at radius 1 is 0.759 bits per heavy atom. The van der Waals surface area contributed by atoms with Gasteiger partial charge in [-0.1, -0.05) is 75.4 Å². The molecular weight excluding hydrogens is 447 g/mol. The Hall–Kier alpha value is -2.36. The van der Waals surface area contributed by atoms with Gasteiger partial charge in [0.05, 0.1) is 0 Å². The van der Waals surface area contributed by atoms with Crippen LogP contribution < -0.4 is 26.2 Å². The zero-order valence-corrected chi connectivity index (χ0v) is 19.4. The van der Waals surface area contributed by atoms with Crippen molar-refractivity contribution >= 4 is 46.4 Å². The van der Waals surface area contributed by atoms with Gasteiger partial charge in [0.15, 0.2) is 6.08 Å². The van der Waals surface area contributed by atoms with Gasteiger partial charge in [-0.15, -0.1) is 22.1 Å². The van der Waals surface area contributed by atoms with E-state index in [0.29, 0.717) is 0 Å². The Balaban J connectivity index is 0.00000300. The van der Waals surface area contributed by atoms with Crippen molar-refractivity contribution in [2.75, 3.05) is 0 Å². The molecule has 3 rings (SSSR count). The molecule has 0 aliphatic rings. The monoisotopic (exact) mass is 472 g/mol. The molecule has 0 radical (unpaired) electrons. The smallest absolute Gasteiger partial charge is 0.219 e. The van der Waals surface area contributed by atoms with Gasteiger partial charge in [0.1, 0.15) is 15.9 Å². The second-order valence-electron chi connectivity index (χ2n) is 7.37. The number of hydrazone groups is 1. The second kappa shape index (κ2) is 9.91. The molecule has 0 saturated carbocycles. The highest BCUT2D eigenvalue weighted by molar-refractivity contribution is 8.93. The number of halogens is 1. The summed E-state index contributed by atoms with van der Waals surface area (Å²) in [7, 11) is -2.39. The molecule has 0 amide bonds. The minimum Gasteiger partial charge on any atom is -0.593 e. The van der Waals surface area contributed by atoms with Crippen LogP contribution in [-0.4, -0.2) is 11.7 Å². The maximum Gasteiger partial charge on any atom is 0.219 e. The van der Waals surface area contributed by atoms with E-state index in [1.807, 2.05) is 75.4 Å². The summed E-state index contributed by atoms with van der Waals surface area (Å²) in [4.78, 5) is 0. The van der Waals surface area contributed by atoms with Crippen molar-refractivity contribution < 1.29 is 9.84 Å². The van der Waals surface area contributed by atoms with Crippen molar-refractivity contribution in [3.05, 3.63) is 91.0 Å². The molecule has 4 nitrogen and oxygen atoms in total. The van der Waals surface area contributed by atoms with E-state index in [2.05, 4.69) is 46.7 Å². The largest absolute Gasteiger partial charge is 0.593 e. The van der Waals surface area contributed by atoms with Crippen LogP contribution in [0.15, 0.2) is 96.1 Å². The Morgan fingerprint density at radius 3 is 1.41 bits per heavy atom. The van der Waals surface area contributed by atoms with Crippen LogP contribution >= 0.6 is 24.4 Å². The highest BCUT2D eigenvalue weighted by atomic mass is 79.9. The highest BCUT2D eigenvalue weighted by Gasteiger charge is 2.46. The van der Waals surface area contributed by atoms with Crippen LogP contribution in [0.2, 0.25) is 0 Å². The maximum absolute atomic E-state index is 12.4. The first-order valence-corrected chi connectivity index (χ1v) is 11.0. The number of ether oxygens (including phenoxy) is 1. The number of hydrogen-bond donors (Lipinski definition) is 1. The van der Waals surface area contributed by atoms with E-state index in [-0.39, 0.29) is 17.0 Å². The lowest BCUT2D eigenvalue weighted by Crippen LogP contribution is -2.40. The molecule has 29 heavy (non-hydrogen) atoms. The van der Waals surface area contributed by atoms with E-state index in [1.165, 1.54) is 0 Å². The predicted molar refractivity (Wildman–Crippen MR) is 127 cm³/mol. The first kappa shape index (κ1) is 22.9. The van der Waals surface area contributed by atoms with E-state index in [1.54, 1.807) is 0 Å². The summed E-state index contributed by atoms with van der Waals surface area (Å²) >= 11 is 0. The van der Waals surface area contributed by atoms with Crippen LogP contribution in [0, 0.1) is 0 Å². The summed E-state index contributed by atoms with van der Waals surface area (Å²) in [6, 6.07) is 30.4. The van der Waals surface area contributed by atoms with Crippen LogP contribution in [-0.2, 0) is 4.74 Å². The molecule has 0 spiro atoms. The third-order valence-electron chi connectivity index (χ3n) is 4.12. The van der Waals surface area contributed by atoms with E-state index < -0.39 is 19.1 Å². The van der Waals surface area contributed by atoms with Crippen molar-refractivity contribution in [3.8, 4) is 0 Å². The van der Waals surface area contributed by atoms with Crippen molar-refractivity contribution in [1.82, 2.24) is 5.20 Å². The van der Waals surface area contributed by atoms with Crippen LogP contribution in [0.5, 0.6) is 0 Å². The minimum atomic E-state index is -2.39. The molecule has 0 aromatic heterocycles. The van der Waals surface area contributed by atoms with Crippen molar-refractivity contribution in [2.24, 2.45) is 5.10 Å². The van der Waals surface area contributed by atoms with Gasteiger partial charge < -0.3 is 9.84 Å². The number of rotatable bonds is 5. The standard InChI is InChI=1S/C23H25N2O2P.BrH/c1-23(2,3)27-22(26)24-25-28(19-13-7-4-8-14-19,20-15-9-5-10-16-20)21-17-11-6-12-18-21;/h4-18,25H,1-3H3;1H. The number of nitrogens with one attached hydrogen (secondary N) is 1. The van der Waals surface area contributed by atoms with Gasteiger partial charge in [0, 0.05) is 5.60 Å². The van der Waals surface area contributed by atoms with Crippen LogP contribution in [0.3, 0.4) is 0 Å². The van der Waals surface area contributed by atoms with Gasteiger partial charge in [-0.3, -0.25) is 0 Å². The molecule has 152 valence electrons. The van der Waals surface area contributed by atoms with Gasteiger partial charge >= 0.3 is 0 Å². The fraction of sp³-hybridized carbons (Fsp3) is 0.174. The Kier molecular flexibility index (Phi) is 7.83. The molecule has 6 heteroatoms. The van der Waals surface area contributed by atoms with E-state index in [0.717, 1.165) is 15.9 Å². The highest BCUT2D eigenvalue weighted by Crippen LogP contribution is 2.51. The van der Waals surface area contributed by atoms with E-state index >= 15 is 0 Å². The topological polar surface area (TPSA) is 56.7 Å². The van der Waals surface area contributed by atoms with E-state index in [4.69, 9.17) is 4.74 Å². The van der Waals surface area contributed by atoms with Crippen molar-refractivity contribution in [3.63, 3.8) is 0 Å². The first-order chi connectivity index (χ1) is 13.4. The van der Waals surface area contributed by atoms with Gasteiger partial charge in [0.2, 0.25) is 7.41 Å². The van der Waals surface area contributed by atoms with Gasteiger partial charge in [-0.2, -0.15) is 5.20 Å². The molecule has 1 N–H and O–H groups in total. The molecule has 3 aromatic rings. The molecular formula is C23H26BrN2O2P. The lowest BCUT2D eigenvalue weighted by molar-refractivity contribution is -0.260. The van der Waals surface area contributed by atoms with Crippen LogP contribution in [0.1, 0.15) is 20.8 Å². The van der Waals surface area contributed by atoms with Crippen LogP contribution in [0.25, 0.3) is 0 Å². The molecule has 0 aliphatic carbocycles. The third kappa shape index (κ3) is 5.59. The minimum absolute atomic E-state index is 0. The second-order valence-corrected chi connectivity index (χ2v) is 10.5. The van der Waals surface area contributed by atoms with E-state index in [9.17, 15) is 5.11 Å². The summed E-state index contributed by atoms with van der Waals surface area (Å²) in [5, 5.41) is 23.0. The first-order valence-electron chi connectivity index (χ1n) is 9.19. The average Bonchev–Trinajstić information content (AvgIpc) is 2.70.